The Morgan fingerprint density at radius 3 is 2.17 bits per heavy atom. The SMILES string of the molecule is O=S(=O)(c1ccc(Br)cc1)C1CC2CCC(C1)N2. The van der Waals surface area contributed by atoms with Crippen molar-refractivity contribution in [2.45, 2.75) is 47.9 Å². The third kappa shape index (κ3) is 2.24. The van der Waals surface area contributed by atoms with Gasteiger partial charge in [0.25, 0.3) is 0 Å². The standard InChI is InChI=1S/C13H16BrNO2S/c14-9-1-5-12(6-2-9)18(16,17)13-7-10-3-4-11(8-13)15-10/h1-2,5-6,10-11,13,15H,3-4,7-8H2. The lowest BCUT2D eigenvalue weighted by Crippen LogP contribution is -2.43. The summed E-state index contributed by atoms with van der Waals surface area (Å²) in [6.07, 6.45) is 3.76. The minimum absolute atomic E-state index is 0.211. The van der Waals surface area contributed by atoms with Gasteiger partial charge in [-0.25, -0.2) is 8.42 Å². The molecule has 2 aliphatic heterocycles. The normalized spacial score (nSPS) is 31.5. The van der Waals surface area contributed by atoms with Crippen LogP contribution in [0.4, 0.5) is 0 Å². The van der Waals surface area contributed by atoms with Crippen LogP contribution in [0.15, 0.2) is 33.6 Å². The lowest BCUT2D eigenvalue weighted by Gasteiger charge is -2.28. The lowest BCUT2D eigenvalue weighted by atomic mass is 10.1. The van der Waals surface area contributed by atoms with Gasteiger partial charge in [0.15, 0.2) is 9.84 Å². The molecule has 0 aliphatic carbocycles. The molecule has 2 atom stereocenters. The van der Waals surface area contributed by atoms with Gasteiger partial charge < -0.3 is 5.32 Å². The first kappa shape index (κ1) is 12.6. The number of hydrogen-bond donors (Lipinski definition) is 1. The summed E-state index contributed by atoms with van der Waals surface area (Å²) in [4.78, 5) is 0.456. The second-order valence-electron chi connectivity index (χ2n) is 5.23. The fourth-order valence-corrected chi connectivity index (χ4v) is 5.21. The summed E-state index contributed by atoms with van der Waals surface area (Å²) in [7, 11) is -3.17. The molecule has 1 aromatic carbocycles. The molecule has 2 saturated heterocycles. The summed E-state index contributed by atoms with van der Waals surface area (Å²) >= 11 is 3.33. The molecule has 98 valence electrons. The molecule has 3 nitrogen and oxygen atoms in total. The first-order valence-electron chi connectivity index (χ1n) is 6.31. The van der Waals surface area contributed by atoms with Gasteiger partial charge in [-0.15, -0.1) is 0 Å². The van der Waals surface area contributed by atoms with Crippen LogP contribution in [0.3, 0.4) is 0 Å². The predicted molar refractivity (Wildman–Crippen MR) is 74.3 cm³/mol. The third-order valence-electron chi connectivity index (χ3n) is 4.01. The smallest absolute Gasteiger partial charge is 0.181 e. The average Bonchev–Trinajstić information content (AvgIpc) is 2.68. The second kappa shape index (κ2) is 4.62. The molecular weight excluding hydrogens is 314 g/mol. The molecule has 2 aliphatic rings. The highest BCUT2D eigenvalue weighted by atomic mass is 79.9. The van der Waals surface area contributed by atoms with Crippen LogP contribution >= 0.6 is 15.9 Å². The maximum Gasteiger partial charge on any atom is 0.181 e. The number of sulfone groups is 1. The van der Waals surface area contributed by atoms with Gasteiger partial charge in [0.2, 0.25) is 0 Å². The van der Waals surface area contributed by atoms with Gasteiger partial charge in [0, 0.05) is 16.6 Å². The Morgan fingerprint density at radius 2 is 1.61 bits per heavy atom. The van der Waals surface area contributed by atoms with Crippen LogP contribution in [-0.4, -0.2) is 25.8 Å². The highest BCUT2D eigenvalue weighted by Crippen LogP contribution is 2.33. The van der Waals surface area contributed by atoms with Crippen molar-refractivity contribution in [3.05, 3.63) is 28.7 Å². The van der Waals surface area contributed by atoms with Crippen molar-refractivity contribution >= 4 is 25.8 Å². The van der Waals surface area contributed by atoms with Crippen molar-refractivity contribution in [2.75, 3.05) is 0 Å². The summed E-state index contributed by atoms with van der Waals surface area (Å²) < 4.78 is 26.1. The molecule has 1 aromatic rings. The van der Waals surface area contributed by atoms with E-state index in [4.69, 9.17) is 0 Å². The van der Waals surface area contributed by atoms with Gasteiger partial charge in [0.1, 0.15) is 0 Å². The number of benzene rings is 1. The van der Waals surface area contributed by atoms with Gasteiger partial charge in [-0.3, -0.25) is 0 Å². The average molecular weight is 330 g/mol. The van der Waals surface area contributed by atoms with Crippen LogP contribution in [0, 0.1) is 0 Å². The molecule has 0 amide bonds. The van der Waals surface area contributed by atoms with Gasteiger partial charge in [-0.05, 0) is 49.9 Å². The highest BCUT2D eigenvalue weighted by Gasteiger charge is 2.39. The monoisotopic (exact) mass is 329 g/mol. The first-order chi connectivity index (χ1) is 8.55. The molecular formula is C13H16BrNO2S. The van der Waals surface area contributed by atoms with Crippen molar-refractivity contribution in [1.82, 2.24) is 5.32 Å². The zero-order valence-electron chi connectivity index (χ0n) is 9.97. The van der Waals surface area contributed by atoms with E-state index in [0.717, 1.165) is 30.2 Å². The number of hydrogen-bond acceptors (Lipinski definition) is 3. The molecule has 0 saturated carbocycles. The summed E-state index contributed by atoms with van der Waals surface area (Å²) in [5.74, 6) is 0. The summed E-state index contributed by atoms with van der Waals surface area (Å²) in [6, 6.07) is 7.79. The Bertz CT molecular complexity index is 529. The van der Waals surface area contributed by atoms with Crippen LogP contribution in [0.5, 0.6) is 0 Å². The third-order valence-corrected chi connectivity index (χ3v) is 6.73. The van der Waals surface area contributed by atoms with E-state index in [1.807, 2.05) is 0 Å². The van der Waals surface area contributed by atoms with Gasteiger partial charge in [-0.2, -0.15) is 0 Å². The van der Waals surface area contributed by atoms with E-state index in [-0.39, 0.29) is 5.25 Å². The Kier molecular flexibility index (Phi) is 3.24. The van der Waals surface area contributed by atoms with Crippen molar-refractivity contribution < 1.29 is 8.42 Å². The minimum Gasteiger partial charge on any atom is -0.311 e. The number of fused-ring (bicyclic) bond motifs is 2. The Hall–Kier alpha value is -0.390. The quantitative estimate of drug-likeness (QED) is 0.906. The largest absolute Gasteiger partial charge is 0.311 e. The molecule has 0 spiro atoms. The summed E-state index contributed by atoms with van der Waals surface area (Å²) in [6.45, 7) is 0. The van der Waals surface area contributed by atoms with E-state index >= 15 is 0 Å². The van der Waals surface area contributed by atoms with Crippen LogP contribution in [0.25, 0.3) is 0 Å². The van der Waals surface area contributed by atoms with Crippen LogP contribution in [0.2, 0.25) is 0 Å². The zero-order valence-corrected chi connectivity index (χ0v) is 12.4. The molecule has 2 unspecified atom stereocenters. The fraction of sp³-hybridized carbons (Fsp3) is 0.538. The van der Waals surface area contributed by atoms with E-state index in [1.54, 1.807) is 24.3 Å². The summed E-state index contributed by atoms with van der Waals surface area (Å²) in [5, 5.41) is 3.27. The topological polar surface area (TPSA) is 46.2 Å². The summed E-state index contributed by atoms with van der Waals surface area (Å²) in [5.41, 5.74) is 0. The first-order valence-corrected chi connectivity index (χ1v) is 8.65. The number of piperidine rings is 1. The van der Waals surface area contributed by atoms with Crippen LogP contribution < -0.4 is 5.32 Å². The van der Waals surface area contributed by atoms with Gasteiger partial charge in [0.05, 0.1) is 10.1 Å². The van der Waals surface area contributed by atoms with E-state index in [9.17, 15) is 8.42 Å². The molecule has 5 heteroatoms. The van der Waals surface area contributed by atoms with E-state index < -0.39 is 9.84 Å². The molecule has 1 N–H and O–H groups in total. The van der Waals surface area contributed by atoms with Crippen molar-refractivity contribution in [1.29, 1.82) is 0 Å². The van der Waals surface area contributed by atoms with E-state index in [0.29, 0.717) is 17.0 Å². The molecule has 18 heavy (non-hydrogen) atoms. The fourth-order valence-electron chi connectivity index (χ4n) is 3.08. The van der Waals surface area contributed by atoms with Crippen molar-refractivity contribution in [3.8, 4) is 0 Å². The van der Waals surface area contributed by atoms with Gasteiger partial charge in [-0.1, -0.05) is 15.9 Å². The van der Waals surface area contributed by atoms with Crippen LogP contribution in [-0.2, 0) is 9.84 Å². The van der Waals surface area contributed by atoms with Crippen molar-refractivity contribution in [2.24, 2.45) is 0 Å². The lowest BCUT2D eigenvalue weighted by molar-refractivity contribution is 0.401. The molecule has 2 heterocycles. The van der Waals surface area contributed by atoms with E-state index in [2.05, 4.69) is 21.2 Å². The molecule has 2 fully saturated rings. The number of halogens is 1. The maximum absolute atomic E-state index is 12.6. The minimum atomic E-state index is -3.17. The van der Waals surface area contributed by atoms with E-state index in [1.165, 1.54) is 0 Å². The predicted octanol–water partition coefficient (Wildman–Crippen LogP) is 2.51. The molecule has 0 aromatic heterocycles. The molecule has 0 radical (unpaired) electrons. The second-order valence-corrected chi connectivity index (χ2v) is 8.37. The Morgan fingerprint density at radius 1 is 1.06 bits per heavy atom. The van der Waals surface area contributed by atoms with Gasteiger partial charge >= 0.3 is 0 Å². The molecule has 3 rings (SSSR count). The van der Waals surface area contributed by atoms with Crippen molar-refractivity contribution in [3.63, 3.8) is 0 Å². The van der Waals surface area contributed by atoms with Crippen LogP contribution in [0.1, 0.15) is 25.7 Å². The zero-order chi connectivity index (χ0) is 12.8. The molecule has 2 bridgehead atoms. The highest BCUT2D eigenvalue weighted by molar-refractivity contribution is 9.10. The number of nitrogens with one attached hydrogen (secondary N) is 1. The Labute approximate surface area is 116 Å². The number of rotatable bonds is 2. The maximum atomic E-state index is 12.6. The Balaban J connectivity index is 1.88.